The molecule has 0 saturated carbocycles. The Morgan fingerprint density at radius 3 is 2.80 bits per heavy atom. The Morgan fingerprint density at radius 2 is 2.12 bits per heavy atom. The summed E-state index contributed by atoms with van der Waals surface area (Å²) in [5, 5.41) is 10.5. The van der Waals surface area contributed by atoms with Crippen LogP contribution in [0.2, 0.25) is 5.02 Å². The summed E-state index contributed by atoms with van der Waals surface area (Å²) in [6.45, 7) is 1.57. The average Bonchev–Trinajstić information content (AvgIpc) is 3.01. The van der Waals surface area contributed by atoms with Crippen LogP contribution in [0.1, 0.15) is 29.2 Å². The summed E-state index contributed by atoms with van der Waals surface area (Å²) in [5.41, 5.74) is -0.294. The molecular formula is C17H15ClO7. The number of methoxy groups -OCH3 is 1. The molecular weight excluding hydrogens is 352 g/mol. The molecule has 25 heavy (non-hydrogen) atoms. The van der Waals surface area contributed by atoms with E-state index in [0.29, 0.717) is 17.1 Å². The van der Waals surface area contributed by atoms with Crippen LogP contribution >= 0.6 is 11.6 Å². The molecule has 132 valence electrons. The second kappa shape index (κ2) is 6.68. The van der Waals surface area contributed by atoms with Crippen molar-refractivity contribution in [1.29, 1.82) is 0 Å². The lowest BCUT2D eigenvalue weighted by molar-refractivity contribution is -0.140. The molecule has 0 spiro atoms. The summed E-state index contributed by atoms with van der Waals surface area (Å²) in [4.78, 5) is 24.1. The van der Waals surface area contributed by atoms with Gasteiger partial charge in [-0.2, -0.15) is 0 Å². The Labute approximate surface area is 147 Å². The minimum absolute atomic E-state index is 0.0259. The smallest absolute Gasteiger partial charge is 0.343 e. The quantitative estimate of drug-likeness (QED) is 0.831. The van der Waals surface area contributed by atoms with Crippen molar-refractivity contribution in [2.24, 2.45) is 0 Å². The zero-order valence-corrected chi connectivity index (χ0v) is 14.3. The molecule has 1 aliphatic heterocycles. The Morgan fingerprint density at radius 1 is 1.36 bits per heavy atom. The number of hydrogen-bond donors (Lipinski definition) is 1. The summed E-state index contributed by atoms with van der Waals surface area (Å²) < 4.78 is 20.4. The number of halogens is 1. The van der Waals surface area contributed by atoms with E-state index in [1.807, 2.05) is 0 Å². The standard InChI is InChI=1S/C17H15ClO7/c1-8-3-12(19)15(17(21)25-8)10(6-14(20)22-2)9-4-11(18)16-13(5-9)23-7-24-16/h3-5,10,19H,6-7H2,1-2H3/t10-/m0/s1. The van der Waals surface area contributed by atoms with E-state index in [4.69, 9.17) is 30.2 Å². The third-order valence-corrected chi connectivity index (χ3v) is 4.17. The monoisotopic (exact) mass is 366 g/mol. The van der Waals surface area contributed by atoms with Gasteiger partial charge in [-0.1, -0.05) is 11.6 Å². The number of ether oxygens (including phenoxy) is 3. The Hall–Kier alpha value is -2.67. The number of fused-ring (bicyclic) bond motifs is 1. The first-order valence-electron chi connectivity index (χ1n) is 7.40. The molecule has 1 aromatic carbocycles. The van der Waals surface area contributed by atoms with Gasteiger partial charge in [0, 0.05) is 12.0 Å². The molecule has 0 fully saturated rings. The van der Waals surface area contributed by atoms with Crippen molar-refractivity contribution in [3.05, 3.63) is 50.5 Å². The first-order valence-corrected chi connectivity index (χ1v) is 7.78. The number of benzene rings is 1. The maximum Gasteiger partial charge on any atom is 0.343 e. The predicted molar refractivity (Wildman–Crippen MR) is 87.4 cm³/mol. The fourth-order valence-electron chi connectivity index (χ4n) is 2.75. The molecule has 0 radical (unpaired) electrons. The molecule has 1 N–H and O–H groups in total. The van der Waals surface area contributed by atoms with Crippen LogP contribution in [0.15, 0.2) is 27.4 Å². The molecule has 0 bridgehead atoms. The number of carbonyl (C=O) groups excluding carboxylic acids is 1. The minimum atomic E-state index is -0.823. The van der Waals surface area contributed by atoms with Crippen LogP contribution in [-0.4, -0.2) is 25.0 Å². The molecule has 3 rings (SSSR count). The van der Waals surface area contributed by atoms with Gasteiger partial charge < -0.3 is 23.7 Å². The second-order valence-electron chi connectivity index (χ2n) is 5.51. The maximum absolute atomic E-state index is 12.3. The van der Waals surface area contributed by atoms with E-state index in [2.05, 4.69) is 0 Å². The lowest BCUT2D eigenvalue weighted by atomic mass is 9.88. The molecule has 0 saturated heterocycles. The number of carbonyl (C=O) groups is 1. The zero-order valence-electron chi connectivity index (χ0n) is 13.5. The Balaban J connectivity index is 2.16. The molecule has 0 aliphatic carbocycles. The van der Waals surface area contributed by atoms with Crippen LogP contribution in [0.5, 0.6) is 17.2 Å². The second-order valence-corrected chi connectivity index (χ2v) is 5.92. The normalized spacial score (nSPS) is 13.6. The average molecular weight is 367 g/mol. The van der Waals surface area contributed by atoms with Crippen molar-refractivity contribution in [3.8, 4) is 17.2 Å². The summed E-state index contributed by atoms with van der Waals surface area (Å²) >= 11 is 6.20. The lowest BCUT2D eigenvalue weighted by Gasteiger charge is -2.18. The number of rotatable bonds is 4. The van der Waals surface area contributed by atoms with Crippen molar-refractivity contribution in [2.45, 2.75) is 19.3 Å². The fraction of sp³-hybridized carbons (Fsp3) is 0.294. The third kappa shape index (κ3) is 3.28. The largest absolute Gasteiger partial charge is 0.507 e. The van der Waals surface area contributed by atoms with Crippen molar-refractivity contribution >= 4 is 17.6 Å². The topological polar surface area (TPSA) is 95.2 Å². The van der Waals surface area contributed by atoms with E-state index in [1.54, 1.807) is 12.1 Å². The van der Waals surface area contributed by atoms with Crippen LogP contribution in [0.25, 0.3) is 0 Å². The van der Waals surface area contributed by atoms with Gasteiger partial charge in [0.2, 0.25) is 6.79 Å². The van der Waals surface area contributed by atoms with E-state index in [9.17, 15) is 14.7 Å². The number of aryl methyl sites for hydroxylation is 1. The maximum atomic E-state index is 12.3. The van der Waals surface area contributed by atoms with Gasteiger partial charge in [-0.15, -0.1) is 0 Å². The molecule has 0 unspecified atom stereocenters. The SMILES string of the molecule is COC(=O)C[C@@H](c1cc(Cl)c2c(c1)OCO2)c1c(O)cc(C)oc1=O. The zero-order chi connectivity index (χ0) is 18.1. The number of hydrogen-bond acceptors (Lipinski definition) is 7. The van der Waals surface area contributed by atoms with E-state index in [1.165, 1.54) is 20.1 Å². The minimum Gasteiger partial charge on any atom is -0.507 e. The Bertz CT molecular complexity index is 887. The highest BCUT2D eigenvalue weighted by molar-refractivity contribution is 6.32. The summed E-state index contributed by atoms with van der Waals surface area (Å²) in [6.07, 6.45) is -0.187. The van der Waals surface area contributed by atoms with Crippen LogP contribution < -0.4 is 15.1 Å². The summed E-state index contributed by atoms with van der Waals surface area (Å²) in [6, 6.07) is 4.48. The highest BCUT2D eigenvalue weighted by Crippen LogP contribution is 2.43. The van der Waals surface area contributed by atoms with Crippen LogP contribution in [-0.2, 0) is 9.53 Å². The molecule has 2 aromatic rings. The van der Waals surface area contributed by atoms with Gasteiger partial charge in [-0.05, 0) is 24.6 Å². The molecule has 1 atom stereocenters. The van der Waals surface area contributed by atoms with Crippen molar-refractivity contribution in [3.63, 3.8) is 0 Å². The van der Waals surface area contributed by atoms with Crippen molar-refractivity contribution in [1.82, 2.24) is 0 Å². The van der Waals surface area contributed by atoms with Gasteiger partial charge in [-0.25, -0.2) is 4.79 Å². The van der Waals surface area contributed by atoms with Crippen LogP contribution in [0.4, 0.5) is 0 Å². The highest BCUT2D eigenvalue weighted by Gasteiger charge is 2.29. The Kier molecular flexibility index (Phi) is 4.59. The number of esters is 1. The molecule has 2 heterocycles. The molecule has 1 aliphatic rings. The fourth-order valence-corrected chi connectivity index (χ4v) is 3.03. The summed E-state index contributed by atoms with van der Waals surface area (Å²) in [7, 11) is 1.24. The first-order chi connectivity index (χ1) is 11.9. The first kappa shape index (κ1) is 17.2. The predicted octanol–water partition coefficient (Wildman–Crippen LogP) is 2.73. The van der Waals surface area contributed by atoms with Gasteiger partial charge in [0.15, 0.2) is 11.5 Å². The van der Waals surface area contributed by atoms with E-state index < -0.39 is 17.5 Å². The van der Waals surface area contributed by atoms with Gasteiger partial charge in [-0.3, -0.25) is 4.79 Å². The van der Waals surface area contributed by atoms with Crippen LogP contribution in [0.3, 0.4) is 0 Å². The van der Waals surface area contributed by atoms with E-state index >= 15 is 0 Å². The van der Waals surface area contributed by atoms with Gasteiger partial charge in [0.25, 0.3) is 0 Å². The van der Waals surface area contributed by atoms with Crippen molar-refractivity contribution in [2.75, 3.05) is 13.9 Å². The number of aromatic hydroxyl groups is 1. The van der Waals surface area contributed by atoms with E-state index in [-0.39, 0.29) is 35.3 Å². The van der Waals surface area contributed by atoms with Gasteiger partial charge >= 0.3 is 11.6 Å². The van der Waals surface area contributed by atoms with E-state index in [0.717, 1.165) is 0 Å². The third-order valence-electron chi connectivity index (χ3n) is 3.89. The van der Waals surface area contributed by atoms with Gasteiger partial charge in [0.1, 0.15) is 11.5 Å². The molecule has 8 heteroatoms. The van der Waals surface area contributed by atoms with Crippen LogP contribution in [0, 0.1) is 6.92 Å². The summed E-state index contributed by atoms with van der Waals surface area (Å²) in [5.74, 6) is -0.603. The molecule has 0 amide bonds. The van der Waals surface area contributed by atoms with Crippen molar-refractivity contribution < 1.29 is 28.5 Å². The lowest BCUT2D eigenvalue weighted by Crippen LogP contribution is -2.18. The molecule has 1 aromatic heterocycles. The molecule has 7 nitrogen and oxygen atoms in total. The highest BCUT2D eigenvalue weighted by atomic mass is 35.5. The van der Waals surface area contributed by atoms with Gasteiger partial charge in [0.05, 0.1) is 24.1 Å².